The van der Waals surface area contributed by atoms with E-state index in [2.05, 4.69) is 15.2 Å². The third kappa shape index (κ3) is 5.35. The Morgan fingerprint density at radius 2 is 1.82 bits per heavy atom. The van der Waals surface area contributed by atoms with Gasteiger partial charge in [0.1, 0.15) is 10.7 Å². The number of ketones is 1. The maximum Gasteiger partial charge on any atom is 0.211 e. The molecule has 3 aromatic rings. The van der Waals surface area contributed by atoms with Gasteiger partial charge in [0.05, 0.1) is 6.26 Å². The Balaban J connectivity index is 1.42. The zero-order chi connectivity index (χ0) is 23.6. The highest BCUT2D eigenvalue weighted by molar-refractivity contribution is 7.88. The Bertz CT molecular complexity index is 1250. The van der Waals surface area contributed by atoms with Crippen molar-refractivity contribution in [3.63, 3.8) is 0 Å². The van der Waals surface area contributed by atoms with Gasteiger partial charge >= 0.3 is 0 Å². The first-order valence-corrected chi connectivity index (χ1v) is 13.4. The fourth-order valence-corrected chi connectivity index (χ4v) is 5.46. The molecule has 0 amide bonds. The second-order valence-electron chi connectivity index (χ2n) is 7.94. The summed E-state index contributed by atoms with van der Waals surface area (Å²) in [5.74, 6) is 0.0895. The van der Waals surface area contributed by atoms with Crippen LogP contribution >= 0.6 is 11.3 Å². The molecule has 174 valence electrons. The van der Waals surface area contributed by atoms with Crippen LogP contribution in [0, 0.1) is 0 Å². The molecule has 1 aliphatic heterocycles. The Morgan fingerprint density at radius 1 is 1.12 bits per heavy atom. The molecule has 0 unspecified atom stereocenters. The summed E-state index contributed by atoms with van der Waals surface area (Å²) in [5.41, 5.74) is 9.61. The molecule has 0 spiro atoms. The van der Waals surface area contributed by atoms with Crippen LogP contribution in [0.25, 0.3) is 0 Å². The summed E-state index contributed by atoms with van der Waals surface area (Å²) >= 11 is 1.24. The molecule has 4 rings (SSSR count). The number of thiazole rings is 1. The Labute approximate surface area is 198 Å². The van der Waals surface area contributed by atoms with E-state index >= 15 is 0 Å². The van der Waals surface area contributed by atoms with Gasteiger partial charge in [-0.05, 0) is 42.3 Å². The lowest BCUT2D eigenvalue weighted by Gasteiger charge is -2.34. The van der Waals surface area contributed by atoms with Gasteiger partial charge in [-0.15, -0.1) is 0 Å². The van der Waals surface area contributed by atoms with Crippen molar-refractivity contribution in [2.45, 2.75) is 13.3 Å². The molecule has 3 N–H and O–H groups in total. The van der Waals surface area contributed by atoms with Gasteiger partial charge in [0.2, 0.25) is 15.8 Å². The number of sulfonamides is 1. The Kier molecular flexibility index (Phi) is 6.68. The molecule has 2 aromatic carbocycles. The predicted molar refractivity (Wildman–Crippen MR) is 134 cm³/mol. The highest BCUT2D eigenvalue weighted by Gasteiger charge is 2.23. The average molecular weight is 486 g/mol. The summed E-state index contributed by atoms with van der Waals surface area (Å²) in [4.78, 5) is 19.8. The predicted octanol–water partition coefficient (Wildman–Crippen LogP) is 3.34. The minimum atomic E-state index is -3.15. The minimum absolute atomic E-state index is 0.128. The standard InChI is InChI=1S/C23H27N5O3S2/c1-3-16-5-4-6-17(15-16)20(29)21-22(24)26-23(32-21)25-18-7-9-19(10-8-18)27-11-13-28(14-12-27)33(2,30)31/h4-10,15H,3,11-14,24H2,1-2H3,(H,25,26). The number of carbonyl (C=O) groups excluding carboxylic acids is 1. The lowest BCUT2D eigenvalue weighted by atomic mass is 10.1. The average Bonchev–Trinajstić information content (AvgIpc) is 3.18. The fourth-order valence-electron chi connectivity index (χ4n) is 3.77. The van der Waals surface area contributed by atoms with Crippen molar-refractivity contribution in [3.8, 4) is 0 Å². The van der Waals surface area contributed by atoms with Gasteiger partial charge in [-0.25, -0.2) is 13.4 Å². The lowest BCUT2D eigenvalue weighted by molar-refractivity contribution is 0.104. The second-order valence-corrected chi connectivity index (χ2v) is 10.9. The third-order valence-electron chi connectivity index (χ3n) is 5.65. The van der Waals surface area contributed by atoms with Crippen molar-refractivity contribution < 1.29 is 13.2 Å². The van der Waals surface area contributed by atoms with Crippen molar-refractivity contribution in [1.82, 2.24) is 9.29 Å². The zero-order valence-corrected chi connectivity index (χ0v) is 20.2. The van der Waals surface area contributed by atoms with E-state index in [0.717, 1.165) is 23.4 Å². The summed E-state index contributed by atoms with van der Waals surface area (Å²) in [6.45, 7) is 4.30. The molecule has 10 heteroatoms. The van der Waals surface area contributed by atoms with Crippen molar-refractivity contribution in [2.75, 3.05) is 48.4 Å². The maximum atomic E-state index is 12.9. The first kappa shape index (κ1) is 23.2. The number of benzene rings is 2. The molecular weight excluding hydrogens is 458 g/mol. The SMILES string of the molecule is CCc1cccc(C(=O)c2sc(Nc3ccc(N4CCN(S(C)(=O)=O)CC4)cc3)nc2N)c1. The largest absolute Gasteiger partial charge is 0.382 e. The summed E-state index contributed by atoms with van der Waals surface area (Å²) in [7, 11) is -3.15. The number of hydrogen-bond donors (Lipinski definition) is 2. The molecule has 0 atom stereocenters. The van der Waals surface area contributed by atoms with Gasteiger partial charge in [-0.3, -0.25) is 4.79 Å². The maximum absolute atomic E-state index is 12.9. The number of piperazine rings is 1. The normalized spacial score (nSPS) is 14.9. The molecule has 33 heavy (non-hydrogen) atoms. The Morgan fingerprint density at radius 3 is 2.45 bits per heavy atom. The van der Waals surface area contributed by atoms with Crippen LogP contribution in [0.5, 0.6) is 0 Å². The smallest absolute Gasteiger partial charge is 0.211 e. The topological polar surface area (TPSA) is 109 Å². The number of rotatable bonds is 7. The molecule has 8 nitrogen and oxygen atoms in total. The molecule has 1 aromatic heterocycles. The van der Waals surface area contributed by atoms with E-state index in [9.17, 15) is 13.2 Å². The lowest BCUT2D eigenvalue weighted by Crippen LogP contribution is -2.48. The van der Waals surface area contributed by atoms with E-state index in [1.165, 1.54) is 21.9 Å². The number of aromatic nitrogens is 1. The molecule has 0 aliphatic carbocycles. The van der Waals surface area contributed by atoms with Crippen LogP contribution in [-0.2, 0) is 16.4 Å². The van der Waals surface area contributed by atoms with E-state index in [-0.39, 0.29) is 11.6 Å². The summed E-state index contributed by atoms with van der Waals surface area (Å²) in [6.07, 6.45) is 2.10. The summed E-state index contributed by atoms with van der Waals surface area (Å²) < 4.78 is 24.9. The van der Waals surface area contributed by atoms with Crippen molar-refractivity contribution >= 4 is 49.5 Å². The number of nitrogens with one attached hydrogen (secondary N) is 1. The van der Waals surface area contributed by atoms with E-state index in [0.29, 0.717) is 41.8 Å². The van der Waals surface area contributed by atoms with Crippen LogP contribution in [0.1, 0.15) is 27.7 Å². The van der Waals surface area contributed by atoms with Gasteiger partial charge in [0, 0.05) is 43.1 Å². The number of carbonyl (C=O) groups is 1. The minimum Gasteiger partial charge on any atom is -0.382 e. The molecule has 0 bridgehead atoms. The van der Waals surface area contributed by atoms with Crippen LogP contribution in [0.4, 0.5) is 22.3 Å². The van der Waals surface area contributed by atoms with E-state index in [1.54, 1.807) is 6.07 Å². The van der Waals surface area contributed by atoms with E-state index in [1.807, 2.05) is 49.4 Å². The van der Waals surface area contributed by atoms with Crippen molar-refractivity contribution in [3.05, 3.63) is 64.5 Å². The first-order valence-electron chi connectivity index (χ1n) is 10.7. The zero-order valence-electron chi connectivity index (χ0n) is 18.6. The third-order valence-corrected chi connectivity index (χ3v) is 7.94. The second kappa shape index (κ2) is 9.50. The summed E-state index contributed by atoms with van der Waals surface area (Å²) in [6, 6.07) is 15.4. The molecule has 0 radical (unpaired) electrons. The number of nitrogens with zero attached hydrogens (tertiary/aromatic N) is 3. The van der Waals surface area contributed by atoms with E-state index in [4.69, 9.17) is 5.73 Å². The molecule has 1 saturated heterocycles. The fraction of sp³-hybridized carbons (Fsp3) is 0.304. The van der Waals surface area contributed by atoms with Gasteiger partial charge in [0.25, 0.3) is 0 Å². The molecule has 0 saturated carbocycles. The molecule has 1 aliphatic rings. The van der Waals surface area contributed by atoms with Gasteiger partial charge in [-0.1, -0.05) is 36.5 Å². The number of nitrogen functional groups attached to an aromatic ring is 1. The van der Waals surface area contributed by atoms with Crippen LogP contribution < -0.4 is 16.0 Å². The highest BCUT2D eigenvalue weighted by atomic mass is 32.2. The monoisotopic (exact) mass is 485 g/mol. The van der Waals surface area contributed by atoms with Gasteiger partial charge < -0.3 is 16.0 Å². The molecular formula is C23H27N5O3S2. The van der Waals surface area contributed by atoms with Crippen LogP contribution in [0.3, 0.4) is 0 Å². The summed E-state index contributed by atoms with van der Waals surface area (Å²) in [5, 5.41) is 3.77. The quantitative estimate of drug-likeness (QED) is 0.494. The molecule has 1 fully saturated rings. The van der Waals surface area contributed by atoms with Crippen molar-refractivity contribution in [1.29, 1.82) is 0 Å². The number of anilines is 4. The van der Waals surface area contributed by atoms with Crippen molar-refractivity contribution in [2.24, 2.45) is 0 Å². The number of nitrogens with two attached hydrogens (primary N) is 1. The number of aryl methyl sites for hydroxylation is 1. The van der Waals surface area contributed by atoms with Gasteiger partial charge in [0.15, 0.2) is 5.13 Å². The molecule has 2 heterocycles. The Hall–Kier alpha value is -2.95. The number of hydrogen-bond acceptors (Lipinski definition) is 8. The van der Waals surface area contributed by atoms with Crippen LogP contribution in [0.2, 0.25) is 0 Å². The van der Waals surface area contributed by atoms with E-state index < -0.39 is 10.0 Å². The van der Waals surface area contributed by atoms with Gasteiger partial charge in [-0.2, -0.15) is 4.31 Å². The highest BCUT2D eigenvalue weighted by Crippen LogP contribution is 2.30. The first-order chi connectivity index (χ1) is 15.7. The van der Waals surface area contributed by atoms with Crippen LogP contribution in [0.15, 0.2) is 48.5 Å². The van der Waals surface area contributed by atoms with Crippen LogP contribution in [-0.4, -0.2) is 55.9 Å².